The second-order valence-electron chi connectivity index (χ2n) is 3.30. The molecule has 0 aliphatic heterocycles. The predicted molar refractivity (Wildman–Crippen MR) is 97.8 cm³/mol. The van der Waals surface area contributed by atoms with Crippen LogP contribution in [0.1, 0.15) is 14.4 Å². The van der Waals surface area contributed by atoms with Crippen LogP contribution in [0.25, 0.3) is 0 Å². The zero-order valence-corrected chi connectivity index (χ0v) is 14.8. The van der Waals surface area contributed by atoms with Crippen molar-refractivity contribution in [2.24, 2.45) is 5.73 Å². The number of aliphatic carboxylic acids is 1. The zero-order chi connectivity index (χ0) is 15.3. The summed E-state index contributed by atoms with van der Waals surface area (Å²) in [5, 5.41) is 11.2. The summed E-state index contributed by atoms with van der Waals surface area (Å²) in [5.74, 6) is 0.601. The normalized spacial score (nSPS) is 12.4. The van der Waals surface area contributed by atoms with Crippen LogP contribution in [-0.2, 0) is 9.59 Å². The number of rotatable bonds is 9. The number of carbonyl (C=O) groups excluding carboxylic acids is 1. The van der Waals surface area contributed by atoms with Gasteiger partial charge < -0.3 is 16.2 Å². The molecule has 0 aromatic carbocycles. The molecule has 0 bridgehead atoms. The van der Waals surface area contributed by atoms with E-state index in [0.29, 0.717) is 5.75 Å². The predicted octanol–water partition coefficient (Wildman–Crippen LogP) is 2.22. The van der Waals surface area contributed by atoms with E-state index in [-0.39, 0.29) is 19.3 Å². The molecule has 4 N–H and O–H groups in total. The second kappa shape index (κ2) is 17.5. The first-order valence-electron chi connectivity index (χ1n) is 5.37. The molecule has 122 valence electrons. The van der Waals surface area contributed by atoms with Crippen molar-refractivity contribution >= 4 is 54.9 Å². The fraction of sp³-hybridized carbons (Fsp3) is 0.818. The average Bonchev–Trinajstić information content (AvgIpc) is 2.37. The van der Waals surface area contributed by atoms with Crippen LogP contribution in [-0.4, -0.2) is 60.0 Å². The first kappa shape index (κ1) is 25.4. The van der Waals surface area contributed by atoms with E-state index in [1.54, 1.807) is 50.2 Å². The van der Waals surface area contributed by atoms with Crippen LogP contribution in [0.4, 0.5) is 0 Å². The van der Waals surface area contributed by atoms with Gasteiger partial charge in [0, 0.05) is 11.5 Å². The van der Waals surface area contributed by atoms with Crippen LogP contribution in [0.5, 0.6) is 0 Å². The monoisotopic (exact) mass is 362 g/mol. The molecule has 0 radical (unpaired) electrons. The fourth-order valence-electron chi connectivity index (χ4n) is 0.673. The molecule has 20 heavy (non-hydrogen) atoms. The van der Waals surface area contributed by atoms with E-state index in [0.717, 1.165) is 5.75 Å². The maximum absolute atomic E-state index is 10.5. The molecule has 0 saturated carbocycles. The molecule has 2 atom stereocenters. The van der Waals surface area contributed by atoms with Crippen LogP contribution in [0.2, 0.25) is 0 Å². The van der Waals surface area contributed by atoms with Gasteiger partial charge in [-0.3, -0.25) is 9.59 Å². The van der Waals surface area contributed by atoms with Crippen molar-refractivity contribution in [2.45, 2.75) is 26.4 Å². The Morgan fingerprint density at radius 2 is 1.65 bits per heavy atom. The summed E-state index contributed by atoms with van der Waals surface area (Å²) in [6.45, 7) is 1.52. The first-order chi connectivity index (χ1) is 8.90. The number of hydrogen-bond donors (Lipinski definition) is 3. The summed E-state index contributed by atoms with van der Waals surface area (Å²) in [7, 11) is 8.02. The maximum atomic E-state index is 10.5. The molecule has 0 saturated heterocycles. The standard InChI is InChI=1S/C5H11NO2S2.C5H11NOS2.CH4/c1-6-4(5(7)8)3-10-9-2;1-4(7)5(6)3-9-8-2;/h4,6H,3H2,1-2H3,(H,7,8);5H,3,6H2,1-2H3;1H4. The summed E-state index contributed by atoms with van der Waals surface area (Å²) in [6, 6.07) is -0.695. The molecule has 0 aliphatic carbocycles. The van der Waals surface area contributed by atoms with Gasteiger partial charge in [0.1, 0.15) is 11.8 Å². The minimum Gasteiger partial charge on any atom is -0.480 e. The van der Waals surface area contributed by atoms with Crippen LogP contribution >= 0.6 is 43.2 Å². The Balaban J connectivity index is -0.000000277. The SMILES string of the molecule is C.CNC(CSSC)C(=O)O.CSSCC(N)C(C)=O. The lowest BCUT2D eigenvalue weighted by molar-refractivity contribution is -0.138. The number of nitrogens with one attached hydrogen (secondary N) is 1. The number of ketones is 1. The van der Waals surface area contributed by atoms with Gasteiger partial charge in [0.2, 0.25) is 0 Å². The third kappa shape index (κ3) is 16.5. The van der Waals surface area contributed by atoms with Crippen molar-refractivity contribution in [1.82, 2.24) is 5.32 Å². The molecule has 0 aromatic heterocycles. The Morgan fingerprint density at radius 3 is 1.95 bits per heavy atom. The van der Waals surface area contributed by atoms with Gasteiger partial charge in [-0.05, 0) is 26.5 Å². The highest BCUT2D eigenvalue weighted by Gasteiger charge is 2.13. The zero-order valence-electron chi connectivity index (χ0n) is 11.5. The van der Waals surface area contributed by atoms with Crippen LogP contribution < -0.4 is 11.1 Å². The van der Waals surface area contributed by atoms with Crippen molar-refractivity contribution in [3.8, 4) is 0 Å². The van der Waals surface area contributed by atoms with Crippen LogP contribution in [0, 0.1) is 0 Å². The lowest BCUT2D eigenvalue weighted by Crippen LogP contribution is -2.35. The van der Waals surface area contributed by atoms with E-state index < -0.39 is 12.0 Å². The number of nitrogens with two attached hydrogens (primary N) is 1. The first-order valence-corrected chi connectivity index (χ1v) is 10.8. The summed E-state index contributed by atoms with van der Waals surface area (Å²) in [4.78, 5) is 20.9. The van der Waals surface area contributed by atoms with Crippen LogP contribution in [0.3, 0.4) is 0 Å². The molecule has 0 rings (SSSR count). The molecule has 0 amide bonds. The minimum absolute atomic E-state index is 0. The van der Waals surface area contributed by atoms with Crippen LogP contribution in [0.15, 0.2) is 0 Å². The lowest BCUT2D eigenvalue weighted by atomic mass is 10.3. The number of carboxylic acids is 1. The lowest BCUT2D eigenvalue weighted by Gasteiger charge is -2.07. The molecule has 2 unspecified atom stereocenters. The van der Waals surface area contributed by atoms with E-state index in [1.807, 2.05) is 12.5 Å². The molecule has 0 fully saturated rings. The summed E-state index contributed by atoms with van der Waals surface area (Å²) in [6.07, 6.45) is 3.90. The number of Topliss-reactive ketones (excluding diaryl/α,β-unsaturated/α-hetero) is 1. The molecule has 0 heterocycles. The van der Waals surface area contributed by atoms with Gasteiger partial charge in [0.15, 0.2) is 0 Å². The van der Waals surface area contributed by atoms with Gasteiger partial charge in [-0.2, -0.15) is 0 Å². The molecule has 0 aromatic rings. The summed E-state index contributed by atoms with van der Waals surface area (Å²) in [5.41, 5.74) is 5.42. The van der Waals surface area contributed by atoms with Crippen molar-refractivity contribution in [3.05, 3.63) is 0 Å². The van der Waals surface area contributed by atoms with Gasteiger partial charge in [0.25, 0.3) is 0 Å². The van der Waals surface area contributed by atoms with Crippen molar-refractivity contribution in [2.75, 3.05) is 31.1 Å². The Morgan fingerprint density at radius 1 is 1.20 bits per heavy atom. The van der Waals surface area contributed by atoms with E-state index in [2.05, 4.69) is 5.32 Å². The van der Waals surface area contributed by atoms with Gasteiger partial charge in [-0.25, -0.2) is 0 Å². The molecule has 0 aliphatic rings. The molecular weight excluding hydrogens is 336 g/mol. The van der Waals surface area contributed by atoms with Gasteiger partial charge in [-0.1, -0.05) is 50.6 Å². The fourth-order valence-corrected chi connectivity index (χ4v) is 3.44. The third-order valence-electron chi connectivity index (χ3n) is 1.89. The number of carboxylic acid groups (broad SMARTS) is 1. The van der Waals surface area contributed by atoms with Crippen molar-refractivity contribution < 1.29 is 14.7 Å². The smallest absolute Gasteiger partial charge is 0.321 e. The highest BCUT2D eigenvalue weighted by molar-refractivity contribution is 8.76. The largest absolute Gasteiger partial charge is 0.480 e. The minimum atomic E-state index is -0.788. The Bertz CT molecular complexity index is 258. The Hall–Kier alpha value is 0.460. The third-order valence-corrected chi connectivity index (χ3v) is 5.55. The summed E-state index contributed by atoms with van der Waals surface area (Å²) < 4.78 is 0. The van der Waals surface area contributed by atoms with Gasteiger partial charge in [-0.15, -0.1) is 0 Å². The molecule has 0 spiro atoms. The molecule has 9 heteroatoms. The highest BCUT2D eigenvalue weighted by Crippen LogP contribution is 2.17. The van der Waals surface area contributed by atoms with E-state index in [1.165, 1.54) is 6.92 Å². The molecular formula is C11H26N2O3S4. The summed E-state index contributed by atoms with van der Waals surface area (Å²) >= 11 is 0. The van der Waals surface area contributed by atoms with E-state index in [9.17, 15) is 9.59 Å². The van der Waals surface area contributed by atoms with Crippen molar-refractivity contribution in [3.63, 3.8) is 0 Å². The highest BCUT2D eigenvalue weighted by atomic mass is 33.1. The van der Waals surface area contributed by atoms with Gasteiger partial charge >= 0.3 is 5.97 Å². The molecule has 5 nitrogen and oxygen atoms in total. The quantitative estimate of drug-likeness (QED) is 0.534. The number of hydrogen-bond acceptors (Lipinski definition) is 8. The number of carbonyl (C=O) groups is 2. The van der Waals surface area contributed by atoms with Crippen molar-refractivity contribution in [1.29, 1.82) is 0 Å². The van der Waals surface area contributed by atoms with Gasteiger partial charge in [0.05, 0.1) is 6.04 Å². The number of likely N-dealkylation sites (N-methyl/N-ethyl adjacent to an activating group) is 1. The maximum Gasteiger partial charge on any atom is 0.321 e. The Labute approximate surface area is 138 Å². The second-order valence-corrected chi connectivity index (χ2v) is 8.52. The van der Waals surface area contributed by atoms with E-state index in [4.69, 9.17) is 10.8 Å². The Kier molecular flexibility index (Phi) is 22.3. The average molecular weight is 363 g/mol. The van der Waals surface area contributed by atoms with E-state index >= 15 is 0 Å². The topological polar surface area (TPSA) is 92.4 Å².